The first-order valence-electron chi connectivity index (χ1n) is 13.6. The summed E-state index contributed by atoms with van der Waals surface area (Å²) in [4.78, 5) is 5.40. The molecule has 0 aromatic heterocycles. The Morgan fingerprint density at radius 3 is 1.11 bits per heavy atom. The third-order valence-corrected chi connectivity index (χ3v) is 8.24. The van der Waals surface area contributed by atoms with Gasteiger partial charge in [0, 0.05) is 38.3 Å². The molecule has 0 amide bonds. The fourth-order valence-electron chi connectivity index (χ4n) is 6.66. The van der Waals surface area contributed by atoms with Gasteiger partial charge in [0.1, 0.15) is 0 Å². The van der Waals surface area contributed by atoms with Crippen molar-refractivity contribution >= 4 is 0 Å². The molecule has 0 bridgehead atoms. The number of rotatable bonds is 6. The monoisotopic (exact) mass is 472 g/mol. The summed E-state index contributed by atoms with van der Waals surface area (Å²) in [5.41, 5.74) is 11.7. The van der Waals surface area contributed by atoms with Crippen LogP contribution in [0.3, 0.4) is 0 Å². The van der Waals surface area contributed by atoms with Gasteiger partial charge in [-0.25, -0.2) is 0 Å². The Balaban J connectivity index is 1.45. The van der Waals surface area contributed by atoms with Gasteiger partial charge in [0.2, 0.25) is 0 Å². The number of nitrogens with zero attached hydrogens (tertiary/aromatic N) is 2. The van der Waals surface area contributed by atoms with Crippen LogP contribution in [0.25, 0.3) is 11.1 Å². The van der Waals surface area contributed by atoms with E-state index >= 15 is 0 Å². The molecule has 4 aromatic carbocycles. The summed E-state index contributed by atoms with van der Waals surface area (Å²) in [6, 6.07) is 37.0. The fourth-order valence-corrected chi connectivity index (χ4v) is 6.66. The molecule has 0 saturated carbocycles. The molecule has 0 spiro atoms. The smallest absolute Gasteiger partial charge is 0.0352 e. The molecule has 2 atom stereocenters. The van der Waals surface area contributed by atoms with Crippen molar-refractivity contribution in [1.82, 2.24) is 9.80 Å². The lowest BCUT2D eigenvalue weighted by molar-refractivity contribution is 0.172. The zero-order chi connectivity index (χ0) is 24.5. The van der Waals surface area contributed by atoms with Crippen LogP contribution in [-0.4, -0.2) is 9.80 Å². The molecule has 0 radical (unpaired) electrons. The summed E-state index contributed by atoms with van der Waals surface area (Å²) < 4.78 is 0. The Labute approximate surface area is 216 Å². The van der Waals surface area contributed by atoms with Crippen molar-refractivity contribution < 1.29 is 0 Å². The van der Waals surface area contributed by atoms with E-state index in [0.29, 0.717) is 12.1 Å². The van der Waals surface area contributed by atoms with E-state index in [9.17, 15) is 0 Å². The second-order valence-electron chi connectivity index (χ2n) is 10.4. The standard InChI is InChI=1S/C34H36N2/c1-3-31(25-13-7-5-8-14-25)35-21-27-17-11-19-29-23-36(32(4-2)26-15-9-6-10-16-26)24-30-20-12-18-28(22-35)34(30)33(27)29/h5-20,31-32H,3-4,21-24H2,1-2H3. The molecule has 0 saturated heterocycles. The van der Waals surface area contributed by atoms with Crippen LogP contribution in [0, 0.1) is 0 Å². The van der Waals surface area contributed by atoms with Crippen LogP contribution in [0.4, 0.5) is 0 Å². The molecular weight excluding hydrogens is 436 g/mol. The second-order valence-corrected chi connectivity index (χ2v) is 10.4. The molecule has 2 nitrogen and oxygen atoms in total. The van der Waals surface area contributed by atoms with Crippen molar-refractivity contribution in [2.24, 2.45) is 0 Å². The predicted octanol–water partition coefficient (Wildman–Crippen LogP) is 8.29. The van der Waals surface area contributed by atoms with Crippen LogP contribution in [0.1, 0.15) is 72.2 Å². The molecule has 6 rings (SSSR count). The second kappa shape index (κ2) is 10.0. The van der Waals surface area contributed by atoms with Crippen molar-refractivity contribution in [1.29, 1.82) is 0 Å². The van der Waals surface area contributed by atoms with Gasteiger partial charge in [-0.15, -0.1) is 0 Å². The van der Waals surface area contributed by atoms with Crippen LogP contribution in [0.2, 0.25) is 0 Å². The first kappa shape index (κ1) is 23.2. The minimum absolute atomic E-state index is 0.416. The number of hydrogen-bond donors (Lipinski definition) is 0. The van der Waals surface area contributed by atoms with E-state index in [1.807, 2.05) is 0 Å². The van der Waals surface area contributed by atoms with Crippen LogP contribution in [-0.2, 0) is 26.2 Å². The van der Waals surface area contributed by atoms with Gasteiger partial charge >= 0.3 is 0 Å². The van der Waals surface area contributed by atoms with Gasteiger partial charge in [0.05, 0.1) is 0 Å². The number of hydrogen-bond acceptors (Lipinski definition) is 2. The van der Waals surface area contributed by atoms with Crippen LogP contribution in [0.5, 0.6) is 0 Å². The van der Waals surface area contributed by atoms with Gasteiger partial charge in [-0.3, -0.25) is 9.80 Å². The van der Waals surface area contributed by atoms with E-state index in [1.54, 1.807) is 0 Å². The normalized spacial score (nSPS) is 17.1. The molecule has 4 aromatic rings. The zero-order valence-corrected chi connectivity index (χ0v) is 21.5. The van der Waals surface area contributed by atoms with E-state index in [4.69, 9.17) is 0 Å². The molecule has 0 aliphatic carbocycles. The molecule has 182 valence electrons. The van der Waals surface area contributed by atoms with Crippen molar-refractivity contribution in [2.75, 3.05) is 0 Å². The Morgan fingerprint density at radius 2 is 0.806 bits per heavy atom. The highest BCUT2D eigenvalue weighted by molar-refractivity contribution is 5.78. The number of benzene rings is 4. The summed E-state index contributed by atoms with van der Waals surface area (Å²) >= 11 is 0. The van der Waals surface area contributed by atoms with Gasteiger partial charge < -0.3 is 0 Å². The lowest BCUT2D eigenvalue weighted by Gasteiger charge is -2.32. The highest BCUT2D eigenvalue weighted by atomic mass is 15.2. The molecule has 2 aliphatic heterocycles. The minimum atomic E-state index is 0.416. The first-order valence-corrected chi connectivity index (χ1v) is 13.6. The first-order chi connectivity index (χ1) is 17.8. The highest BCUT2D eigenvalue weighted by Gasteiger charge is 2.31. The van der Waals surface area contributed by atoms with Crippen LogP contribution in [0.15, 0.2) is 97.1 Å². The Bertz CT molecular complexity index is 1170. The molecule has 2 unspecified atom stereocenters. The summed E-state index contributed by atoms with van der Waals surface area (Å²) in [6.07, 6.45) is 2.22. The maximum atomic E-state index is 2.70. The molecule has 36 heavy (non-hydrogen) atoms. The Morgan fingerprint density at radius 1 is 0.472 bits per heavy atom. The maximum absolute atomic E-state index is 2.70. The summed E-state index contributed by atoms with van der Waals surface area (Å²) in [5.74, 6) is 0. The largest absolute Gasteiger partial charge is 0.288 e. The van der Waals surface area contributed by atoms with Crippen molar-refractivity contribution in [3.8, 4) is 11.1 Å². The third kappa shape index (κ3) is 4.19. The molecule has 0 N–H and O–H groups in total. The average molecular weight is 473 g/mol. The van der Waals surface area contributed by atoms with Gasteiger partial charge in [-0.05, 0) is 57.3 Å². The van der Waals surface area contributed by atoms with Crippen molar-refractivity contribution in [2.45, 2.75) is 65.0 Å². The lowest BCUT2D eigenvalue weighted by Crippen LogP contribution is -2.28. The van der Waals surface area contributed by atoms with E-state index in [2.05, 4.69) is 121 Å². The Hall–Kier alpha value is -3.20. The molecule has 2 heteroatoms. The van der Waals surface area contributed by atoms with Gasteiger partial charge in [0.25, 0.3) is 0 Å². The van der Waals surface area contributed by atoms with Gasteiger partial charge in [0.15, 0.2) is 0 Å². The lowest BCUT2D eigenvalue weighted by atomic mass is 9.90. The van der Waals surface area contributed by atoms with Gasteiger partial charge in [-0.2, -0.15) is 0 Å². The molecule has 2 heterocycles. The van der Waals surface area contributed by atoms with E-state index in [1.165, 1.54) is 44.5 Å². The molecular formula is C34H36N2. The SMILES string of the molecule is CCC(c1ccccc1)N1Cc2cccc3c2-c2c(cccc2CN(C(CC)c2ccccc2)C3)C1. The fraction of sp³-hybridized carbons (Fsp3) is 0.294. The van der Waals surface area contributed by atoms with E-state index < -0.39 is 0 Å². The van der Waals surface area contributed by atoms with E-state index in [0.717, 1.165) is 39.0 Å². The van der Waals surface area contributed by atoms with Crippen LogP contribution < -0.4 is 0 Å². The summed E-state index contributed by atoms with van der Waals surface area (Å²) in [7, 11) is 0. The van der Waals surface area contributed by atoms with Crippen LogP contribution >= 0.6 is 0 Å². The topological polar surface area (TPSA) is 6.48 Å². The average Bonchev–Trinajstić information content (AvgIpc) is 3.20. The van der Waals surface area contributed by atoms with E-state index in [-0.39, 0.29) is 0 Å². The summed E-state index contributed by atoms with van der Waals surface area (Å²) in [6.45, 7) is 8.60. The van der Waals surface area contributed by atoms with Gasteiger partial charge in [-0.1, -0.05) is 111 Å². The molecule has 2 aliphatic rings. The molecule has 0 fully saturated rings. The summed E-state index contributed by atoms with van der Waals surface area (Å²) in [5, 5.41) is 0. The van der Waals surface area contributed by atoms with Crippen molar-refractivity contribution in [3.05, 3.63) is 130 Å². The Kier molecular flexibility index (Phi) is 6.48. The maximum Gasteiger partial charge on any atom is 0.0352 e. The zero-order valence-electron chi connectivity index (χ0n) is 21.5. The quantitative estimate of drug-likeness (QED) is 0.278. The third-order valence-electron chi connectivity index (χ3n) is 8.24. The highest BCUT2D eigenvalue weighted by Crippen LogP contribution is 2.44. The van der Waals surface area contributed by atoms with Crippen molar-refractivity contribution in [3.63, 3.8) is 0 Å². The predicted molar refractivity (Wildman–Crippen MR) is 149 cm³/mol. The minimum Gasteiger partial charge on any atom is -0.288 e.